The van der Waals surface area contributed by atoms with Gasteiger partial charge in [-0.25, -0.2) is 4.39 Å². The van der Waals surface area contributed by atoms with Crippen LogP contribution in [0.5, 0.6) is 0 Å². The third kappa shape index (κ3) is 5.12. The predicted octanol–water partition coefficient (Wildman–Crippen LogP) is 4.99. The van der Waals surface area contributed by atoms with E-state index in [1.165, 1.54) is 17.8 Å². The highest BCUT2D eigenvalue weighted by molar-refractivity contribution is 7.98. The molecule has 4 aromatic rings. The van der Waals surface area contributed by atoms with Crippen LogP contribution in [0.4, 0.5) is 4.39 Å². The van der Waals surface area contributed by atoms with Crippen LogP contribution in [0.1, 0.15) is 35.2 Å². The molecule has 0 aliphatic rings. The third-order valence-corrected chi connectivity index (χ3v) is 5.62. The lowest BCUT2D eigenvalue weighted by molar-refractivity contribution is 0.355. The Labute approximate surface area is 187 Å². The van der Waals surface area contributed by atoms with E-state index in [-0.39, 0.29) is 0 Å². The molecule has 160 valence electrons. The Morgan fingerprint density at radius 3 is 2.84 bits per heavy atom. The first kappa shape index (κ1) is 21.5. The number of aromatic nitrogens is 4. The molecule has 0 radical (unpaired) electrons. The summed E-state index contributed by atoms with van der Waals surface area (Å²) in [6.45, 7) is 2.33. The number of thioether (sulfide) groups is 1. The monoisotopic (exact) mass is 459 g/mol. The Morgan fingerprint density at radius 1 is 1.19 bits per heavy atom. The van der Waals surface area contributed by atoms with Crippen molar-refractivity contribution in [2.75, 3.05) is 6.54 Å². The maximum Gasteiger partial charge on any atom is 0.277 e. The van der Waals surface area contributed by atoms with Gasteiger partial charge < -0.3 is 14.7 Å². The predicted molar refractivity (Wildman–Crippen MR) is 115 cm³/mol. The van der Waals surface area contributed by atoms with Crippen LogP contribution in [0.25, 0.3) is 11.5 Å². The highest BCUT2D eigenvalue weighted by atomic mass is 35.5. The molecule has 0 bridgehead atoms. The Balaban J connectivity index is 1.46. The van der Waals surface area contributed by atoms with Crippen molar-refractivity contribution in [3.63, 3.8) is 0 Å². The fraction of sp³-hybridized carbons (Fsp3) is 0.238. The van der Waals surface area contributed by atoms with E-state index in [9.17, 15) is 4.39 Å². The minimum atomic E-state index is -0.454. The van der Waals surface area contributed by atoms with Crippen LogP contribution in [0, 0.1) is 12.7 Å². The molecule has 0 spiro atoms. The minimum Gasteiger partial charge on any atom is -0.411 e. The Bertz CT molecular complexity index is 1180. The van der Waals surface area contributed by atoms with Gasteiger partial charge >= 0.3 is 0 Å². The Hall–Kier alpha value is -2.75. The molecule has 0 amide bonds. The van der Waals surface area contributed by atoms with Gasteiger partial charge in [-0.2, -0.15) is 4.98 Å². The minimum absolute atomic E-state index is 0.299. The summed E-state index contributed by atoms with van der Waals surface area (Å²) in [4.78, 5) is 4.42. The van der Waals surface area contributed by atoms with E-state index in [1.54, 1.807) is 12.1 Å². The van der Waals surface area contributed by atoms with E-state index in [4.69, 9.17) is 26.3 Å². The lowest BCUT2D eigenvalue weighted by Crippen LogP contribution is -2.11. The summed E-state index contributed by atoms with van der Waals surface area (Å²) in [5, 5.41) is 12.9. The molecule has 1 atom stereocenters. The second kappa shape index (κ2) is 9.59. The molecule has 0 saturated carbocycles. The van der Waals surface area contributed by atoms with Gasteiger partial charge in [-0.1, -0.05) is 52.3 Å². The highest BCUT2D eigenvalue weighted by Crippen LogP contribution is 2.31. The molecular weight excluding hydrogens is 441 g/mol. The molecule has 2 aromatic heterocycles. The van der Waals surface area contributed by atoms with Gasteiger partial charge in [0.15, 0.2) is 5.82 Å². The summed E-state index contributed by atoms with van der Waals surface area (Å²) < 4.78 is 25.5. The lowest BCUT2D eigenvalue weighted by atomic mass is 9.95. The largest absolute Gasteiger partial charge is 0.411 e. The van der Waals surface area contributed by atoms with Crippen molar-refractivity contribution in [2.45, 2.75) is 30.2 Å². The molecule has 0 saturated heterocycles. The molecule has 0 aliphatic carbocycles. The van der Waals surface area contributed by atoms with Gasteiger partial charge in [-0.3, -0.25) is 0 Å². The average Bonchev–Trinajstić information content (AvgIpc) is 3.41. The standard InChI is InChI=1S/C21H19ClFN5O2S/c1-12-3-2-4-13(9-12)19-26-27-21(29-19)31-11-18-25-20(30-28-18)16(7-8-24)15-6-5-14(22)10-17(15)23/h2-6,9-10,16H,7-8,11,24H2,1H3. The first-order valence-electron chi connectivity index (χ1n) is 9.54. The lowest BCUT2D eigenvalue weighted by Gasteiger charge is -2.13. The summed E-state index contributed by atoms with van der Waals surface area (Å²) in [6, 6.07) is 12.3. The molecule has 2 aromatic carbocycles. The number of benzene rings is 2. The van der Waals surface area contributed by atoms with Gasteiger partial charge in [0.05, 0.1) is 11.7 Å². The van der Waals surface area contributed by atoms with Crippen LogP contribution in [0.3, 0.4) is 0 Å². The van der Waals surface area contributed by atoms with Crippen LogP contribution in [0.15, 0.2) is 56.6 Å². The molecule has 0 aliphatic heterocycles. The second-order valence-electron chi connectivity index (χ2n) is 6.88. The van der Waals surface area contributed by atoms with E-state index in [1.807, 2.05) is 31.2 Å². The first-order chi connectivity index (χ1) is 15.0. The number of hydrogen-bond acceptors (Lipinski definition) is 8. The van der Waals surface area contributed by atoms with Crippen LogP contribution >= 0.6 is 23.4 Å². The normalized spacial score (nSPS) is 12.3. The van der Waals surface area contributed by atoms with Crippen LogP contribution in [-0.2, 0) is 5.75 Å². The molecule has 10 heteroatoms. The fourth-order valence-corrected chi connectivity index (χ4v) is 3.88. The van der Waals surface area contributed by atoms with Crippen molar-refractivity contribution in [3.05, 3.63) is 76.1 Å². The van der Waals surface area contributed by atoms with E-state index < -0.39 is 11.7 Å². The molecule has 2 N–H and O–H groups in total. The molecule has 31 heavy (non-hydrogen) atoms. The maximum atomic E-state index is 14.4. The van der Waals surface area contributed by atoms with E-state index >= 15 is 0 Å². The SMILES string of the molecule is Cc1cccc(-c2nnc(SCc3noc(C(CCN)c4ccc(Cl)cc4F)n3)o2)c1. The summed E-state index contributed by atoms with van der Waals surface area (Å²) in [7, 11) is 0. The van der Waals surface area contributed by atoms with Crippen LogP contribution in [-0.4, -0.2) is 26.9 Å². The number of nitrogens with zero attached hydrogens (tertiary/aromatic N) is 4. The molecule has 0 fully saturated rings. The number of rotatable bonds is 8. The fourth-order valence-electron chi connectivity index (χ4n) is 3.12. The summed E-state index contributed by atoms with van der Waals surface area (Å²) in [5.74, 6) is 0.651. The first-order valence-corrected chi connectivity index (χ1v) is 10.9. The highest BCUT2D eigenvalue weighted by Gasteiger charge is 2.24. The zero-order valence-corrected chi connectivity index (χ0v) is 18.2. The summed E-state index contributed by atoms with van der Waals surface area (Å²) in [6.07, 6.45) is 0.455. The van der Waals surface area contributed by atoms with Crippen molar-refractivity contribution in [3.8, 4) is 11.5 Å². The Kier molecular flexibility index (Phi) is 6.64. The number of halogens is 2. The molecule has 7 nitrogen and oxygen atoms in total. The zero-order chi connectivity index (χ0) is 21.8. The maximum absolute atomic E-state index is 14.4. The number of hydrogen-bond donors (Lipinski definition) is 1. The van der Waals surface area contributed by atoms with Crippen LogP contribution in [0.2, 0.25) is 5.02 Å². The quantitative estimate of drug-likeness (QED) is 0.367. The third-order valence-electron chi connectivity index (χ3n) is 4.57. The van der Waals surface area contributed by atoms with Crippen molar-refractivity contribution in [1.82, 2.24) is 20.3 Å². The van der Waals surface area contributed by atoms with Gasteiger partial charge in [0.25, 0.3) is 5.22 Å². The van der Waals surface area contributed by atoms with Crippen molar-refractivity contribution in [1.29, 1.82) is 0 Å². The average molecular weight is 460 g/mol. The zero-order valence-electron chi connectivity index (χ0n) is 16.6. The molecule has 1 unspecified atom stereocenters. The molecular formula is C21H19ClFN5O2S. The number of aryl methyl sites for hydroxylation is 1. The smallest absolute Gasteiger partial charge is 0.277 e. The van der Waals surface area contributed by atoms with Crippen molar-refractivity contribution < 1.29 is 13.3 Å². The second-order valence-corrected chi connectivity index (χ2v) is 8.24. The van der Waals surface area contributed by atoms with Crippen LogP contribution < -0.4 is 5.73 Å². The molecule has 4 rings (SSSR count). The van der Waals surface area contributed by atoms with E-state index in [0.717, 1.165) is 11.1 Å². The molecule has 2 heterocycles. The summed E-state index contributed by atoms with van der Waals surface area (Å²) >= 11 is 7.15. The number of nitrogens with two attached hydrogens (primary N) is 1. The van der Waals surface area contributed by atoms with Crippen molar-refractivity contribution >= 4 is 23.4 Å². The van der Waals surface area contributed by atoms with Gasteiger partial charge in [0.1, 0.15) is 5.82 Å². The van der Waals surface area contributed by atoms with Gasteiger partial charge in [0.2, 0.25) is 11.8 Å². The summed E-state index contributed by atoms with van der Waals surface area (Å²) in [5.41, 5.74) is 8.09. The van der Waals surface area contributed by atoms with Gasteiger partial charge in [-0.15, -0.1) is 10.2 Å². The van der Waals surface area contributed by atoms with Gasteiger partial charge in [0, 0.05) is 16.1 Å². The van der Waals surface area contributed by atoms with Crippen molar-refractivity contribution in [2.24, 2.45) is 5.73 Å². The van der Waals surface area contributed by atoms with E-state index in [2.05, 4.69) is 20.3 Å². The topological polar surface area (TPSA) is 104 Å². The van der Waals surface area contributed by atoms with Gasteiger partial charge in [-0.05, 0) is 44.2 Å². The Morgan fingerprint density at radius 2 is 2.06 bits per heavy atom. The van der Waals surface area contributed by atoms with E-state index in [0.29, 0.717) is 52.1 Å².